The summed E-state index contributed by atoms with van der Waals surface area (Å²) in [4.78, 5) is 18.2. The molecule has 5 heteroatoms. The summed E-state index contributed by atoms with van der Waals surface area (Å²) >= 11 is 0. The number of amides is 1. The first kappa shape index (κ1) is 20.6. The number of carbonyl (C=O) groups is 1. The molecule has 4 aliphatic rings. The molecule has 2 aliphatic carbocycles. The third-order valence-corrected chi connectivity index (χ3v) is 8.17. The van der Waals surface area contributed by atoms with Gasteiger partial charge in [-0.05, 0) is 49.9 Å². The van der Waals surface area contributed by atoms with Gasteiger partial charge in [-0.1, -0.05) is 32.6 Å². The van der Waals surface area contributed by atoms with Crippen LogP contribution in [0.15, 0.2) is 0 Å². The van der Waals surface area contributed by atoms with Crippen LogP contribution in [0.3, 0.4) is 0 Å². The summed E-state index contributed by atoms with van der Waals surface area (Å²) in [5.41, 5.74) is 0. The monoisotopic (exact) mass is 391 g/mol. The lowest BCUT2D eigenvalue weighted by atomic mass is 9.78. The van der Waals surface area contributed by atoms with E-state index in [2.05, 4.69) is 29.1 Å². The van der Waals surface area contributed by atoms with Crippen molar-refractivity contribution < 1.29 is 9.53 Å². The molecular formula is C23H41N3O2. The van der Waals surface area contributed by atoms with Crippen LogP contribution in [0.2, 0.25) is 0 Å². The number of ether oxygens (including phenoxy) is 1. The molecule has 2 heterocycles. The summed E-state index contributed by atoms with van der Waals surface area (Å²) in [5.74, 6) is 2.43. The highest BCUT2D eigenvalue weighted by molar-refractivity contribution is 5.82. The summed E-state index contributed by atoms with van der Waals surface area (Å²) in [6, 6.07) is 0.951. The first-order valence-corrected chi connectivity index (χ1v) is 12.0. The smallest absolute Gasteiger partial charge is 0.239 e. The van der Waals surface area contributed by atoms with E-state index in [0.717, 1.165) is 39.3 Å². The van der Waals surface area contributed by atoms with E-state index in [1.807, 2.05) is 0 Å². The van der Waals surface area contributed by atoms with Gasteiger partial charge < -0.3 is 15.0 Å². The molecule has 0 aromatic carbocycles. The number of rotatable bonds is 5. The topological polar surface area (TPSA) is 44.8 Å². The van der Waals surface area contributed by atoms with Gasteiger partial charge in [-0.15, -0.1) is 0 Å². The summed E-state index contributed by atoms with van der Waals surface area (Å²) in [7, 11) is 2.09. The van der Waals surface area contributed by atoms with Crippen LogP contribution in [0, 0.1) is 17.8 Å². The van der Waals surface area contributed by atoms with Crippen LogP contribution in [-0.2, 0) is 9.53 Å². The molecule has 5 nitrogen and oxygen atoms in total. The van der Waals surface area contributed by atoms with E-state index in [9.17, 15) is 4.79 Å². The number of fused-ring (bicyclic) bond motifs is 1. The van der Waals surface area contributed by atoms with Crippen molar-refractivity contribution in [2.24, 2.45) is 17.8 Å². The summed E-state index contributed by atoms with van der Waals surface area (Å²) in [5, 5.41) is 3.76. The predicted octanol–water partition coefficient (Wildman–Crippen LogP) is 2.89. The first-order chi connectivity index (χ1) is 13.6. The Morgan fingerprint density at radius 2 is 1.86 bits per heavy atom. The Kier molecular flexibility index (Phi) is 6.95. The van der Waals surface area contributed by atoms with Crippen LogP contribution >= 0.6 is 0 Å². The molecule has 5 atom stereocenters. The van der Waals surface area contributed by atoms with Crippen molar-refractivity contribution in [3.63, 3.8) is 0 Å². The minimum Gasteiger partial charge on any atom is -0.379 e. The van der Waals surface area contributed by atoms with Gasteiger partial charge in [-0.25, -0.2) is 0 Å². The first-order valence-electron chi connectivity index (χ1n) is 12.0. The Balaban J connectivity index is 1.43. The van der Waals surface area contributed by atoms with E-state index in [0.29, 0.717) is 35.7 Å². The van der Waals surface area contributed by atoms with Crippen molar-refractivity contribution in [3.05, 3.63) is 0 Å². The zero-order valence-electron chi connectivity index (χ0n) is 18.1. The fraction of sp³-hybridized carbons (Fsp3) is 0.957. The van der Waals surface area contributed by atoms with Gasteiger partial charge in [0.25, 0.3) is 0 Å². The van der Waals surface area contributed by atoms with Crippen molar-refractivity contribution in [1.29, 1.82) is 0 Å². The van der Waals surface area contributed by atoms with E-state index >= 15 is 0 Å². The number of likely N-dealkylation sites (N-methyl/N-ethyl adjacent to an activating group) is 1. The normalized spacial score (nSPS) is 36.1. The molecule has 1 N–H and O–H groups in total. The van der Waals surface area contributed by atoms with Gasteiger partial charge in [0.05, 0.1) is 19.3 Å². The van der Waals surface area contributed by atoms with Gasteiger partial charge in [-0.2, -0.15) is 0 Å². The highest BCUT2D eigenvalue weighted by Gasteiger charge is 2.43. The fourth-order valence-corrected chi connectivity index (χ4v) is 6.43. The van der Waals surface area contributed by atoms with Crippen LogP contribution in [0.5, 0.6) is 0 Å². The number of nitrogens with one attached hydrogen (secondary N) is 1. The molecule has 2 saturated heterocycles. The van der Waals surface area contributed by atoms with Crippen LogP contribution in [0.1, 0.15) is 64.7 Å². The number of carbonyl (C=O) groups excluding carboxylic acids is 1. The van der Waals surface area contributed by atoms with E-state index in [1.165, 1.54) is 51.4 Å². The lowest BCUT2D eigenvalue weighted by Gasteiger charge is -2.41. The van der Waals surface area contributed by atoms with Crippen molar-refractivity contribution in [1.82, 2.24) is 15.1 Å². The molecule has 0 bridgehead atoms. The average Bonchev–Trinajstić information content (AvgIpc) is 3.18. The summed E-state index contributed by atoms with van der Waals surface area (Å²) in [6.45, 7) is 7.07. The second kappa shape index (κ2) is 9.44. The van der Waals surface area contributed by atoms with Gasteiger partial charge in [0, 0.05) is 38.8 Å². The molecule has 0 radical (unpaired) electrons. The number of morpholine rings is 1. The maximum atomic E-state index is 13.5. The third-order valence-electron chi connectivity index (χ3n) is 8.17. The summed E-state index contributed by atoms with van der Waals surface area (Å²) < 4.78 is 5.55. The molecule has 28 heavy (non-hydrogen) atoms. The van der Waals surface area contributed by atoms with Gasteiger partial charge in [0.1, 0.15) is 0 Å². The maximum absolute atomic E-state index is 13.5. The molecule has 0 aromatic heterocycles. The molecule has 2 saturated carbocycles. The molecule has 2 aliphatic heterocycles. The lowest BCUT2D eigenvalue weighted by Crippen LogP contribution is -2.55. The van der Waals surface area contributed by atoms with Crippen LogP contribution in [-0.4, -0.2) is 73.7 Å². The molecular weight excluding hydrogens is 350 g/mol. The van der Waals surface area contributed by atoms with Crippen LogP contribution in [0.4, 0.5) is 0 Å². The molecule has 0 aromatic rings. The zero-order chi connectivity index (χ0) is 19.5. The molecule has 1 amide bonds. The van der Waals surface area contributed by atoms with Crippen molar-refractivity contribution in [2.75, 3.05) is 39.9 Å². The second-order valence-electron chi connectivity index (χ2n) is 9.98. The third kappa shape index (κ3) is 4.57. The Hall–Kier alpha value is -0.650. The van der Waals surface area contributed by atoms with E-state index in [1.54, 1.807) is 0 Å². The lowest BCUT2D eigenvalue weighted by molar-refractivity contribution is -0.136. The van der Waals surface area contributed by atoms with E-state index in [-0.39, 0.29) is 6.04 Å². The van der Waals surface area contributed by atoms with Crippen LogP contribution in [0.25, 0.3) is 0 Å². The van der Waals surface area contributed by atoms with Crippen LogP contribution < -0.4 is 5.32 Å². The largest absolute Gasteiger partial charge is 0.379 e. The average molecular weight is 392 g/mol. The molecule has 0 spiro atoms. The quantitative estimate of drug-likeness (QED) is 0.783. The minimum atomic E-state index is 0.0383. The number of hydrogen-bond acceptors (Lipinski definition) is 4. The number of nitrogens with zero attached hydrogens (tertiary/aromatic N) is 2. The zero-order valence-corrected chi connectivity index (χ0v) is 18.1. The van der Waals surface area contributed by atoms with E-state index in [4.69, 9.17) is 4.74 Å². The van der Waals surface area contributed by atoms with Gasteiger partial charge in [0.2, 0.25) is 5.91 Å². The highest BCUT2D eigenvalue weighted by Crippen LogP contribution is 2.37. The molecule has 4 rings (SSSR count). The highest BCUT2D eigenvalue weighted by atomic mass is 16.5. The predicted molar refractivity (Wildman–Crippen MR) is 112 cm³/mol. The van der Waals surface area contributed by atoms with Crippen molar-refractivity contribution in [2.45, 2.75) is 82.8 Å². The molecule has 160 valence electrons. The maximum Gasteiger partial charge on any atom is 0.239 e. The Bertz CT molecular complexity index is 516. The SMILES string of the molecule is CC1CCCC2CC(C(=O)N(C)C(CN3CCOCC3)C3CCCCC3)NC12. The second-order valence-corrected chi connectivity index (χ2v) is 9.98. The molecule has 5 unspecified atom stereocenters. The number of hydrogen-bond donors (Lipinski definition) is 1. The summed E-state index contributed by atoms with van der Waals surface area (Å²) in [6.07, 6.45) is 11.6. The van der Waals surface area contributed by atoms with Gasteiger partial charge in [-0.3, -0.25) is 9.69 Å². The fourth-order valence-electron chi connectivity index (χ4n) is 6.43. The minimum absolute atomic E-state index is 0.0383. The van der Waals surface area contributed by atoms with Gasteiger partial charge >= 0.3 is 0 Å². The van der Waals surface area contributed by atoms with Crippen molar-refractivity contribution in [3.8, 4) is 0 Å². The van der Waals surface area contributed by atoms with E-state index < -0.39 is 0 Å². The Labute approximate surface area is 171 Å². The Morgan fingerprint density at radius 1 is 1.11 bits per heavy atom. The molecule has 4 fully saturated rings. The Morgan fingerprint density at radius 3 is 2.57 bits per heavy atom. The van der Waals surface area contributed by atoms with Crippen molar-refractivity contribution >= 4 is 5.91 Å². The standard InChI is InChI=1S/C23H41N3O2/c1-17-7-6-10-19-15-20(24-22(17)19)23(27)25(2)21(18-8-4-3-5-9-18)16-26-11-13-28-14-12-26/h17-22,24H,3-16H2,1-2H3. The van der Waals surface area contributed by atoms with Gasteiger partial charge in [0.15, 0.2) is 0 Å².